The molecule has 6 nitrogen and oxygen atoms in total. The summed E-state index contributed by atoms with van der Waals surface area (Å²) >= 11 is 6.01. The Morgan fingerprint density at radius 1 is 1.17 bits per heavy atom. The molecule has 1 aliphatic heterocycles. The number of aromatic nitrogens is 2. The van der Waals surface area contributed by atoms with Crippen molar-refractivity contribution in [3.8, 4) is 0 Å². The largest absolute Gasteiger partial charge is 0.385 e. The van der Waals surface area contributed by atoms with E-state index >= 15 is 0 Å². The van der Waals surface area contributed by atoms with Crippen LogP contribution in [0.5, 0.6) is 0 Å². The van der Waals surface area contributed by atoms with E-state index in [1.807, 2.05) is 35.1 Å². The fourth-order valence-electron chi connectivity index (χ4n) is 4.33. The topological polar surface area (TPSA) is 62.2 Å². The van der Waals surface area contributed by atoms with E-state index in [1.165, 1.54) is 17.7 Å². The van der Waals surface area contributed by atoms with Gasteiger partial charge in [0.15, 0.2) is 0 Å². The zero-order chi connectivity index (χ0) is 24.8. The van der Waals surface area contributed by atoms with Crippen LogP contribution in [0.15, 0.2) is 54.9 Å². The van der Waals surface area contributed by atoms with Gasteiger partial charge >= 0.3 is 0 Å². The highest BCUT2D eigenvalue weighted by atomic mass is 35.5. The van der Waals surface area contributed by atoms with Crippen molar-refractivity contribution >= 4 is 28.9 Å². The lowest BCUT2D eigenvalue weighted by molar-refractivity contribution is 0.102. The first-order valence-electron chi connectivity index (χ1n) is 12.2. The van der Waals surface area contributed by atoms with E-state index in [2.05, 4.69) is 40.7 Å². The molecular weight excluding hydrogens is 465 g/mol. The van der Waals surface area contributed by atoms with Gasteiger partial charge in [-0.15, -0.1) is 0 Å². The molecule has 0 unspecified atom stereocenters. The van der Waals surface area contributed by atoms with E-state index in [1.54, 1.807) is 0 Å². The molecule has 2 aromatic carbocycles. The quantitative estimate of drug-likeness (QED) is 0.388. The van der Waals surface area contributed by atoms with Gasteiger partial charge in [-0.3, -0.25) is 9.48 Å². The normalized spacial score (nSPS) is 14.9. The number of amides is 1. The van der Waals surface area contributed by atoms with Crippen LogP contribution in [0.25, 0.3) is 0 Å². The van der Waals surface area contributed by atoms with Crippen LogP contribution in [0.4, 0.5) is 15.8 Å². The number of carbonyl (C=O) groups excluding carboxylic acids is 1. The van der Waals surface area contributed by atoms with Crippen molar-refractivity contribution in [3.63, 3.8) is 0 Å². The second kappa shape index (κ2) is 11.7. The van der Waals surface area contributed by atoms with Gasteiger partial charge in [0, 0.05) is 36.7 Å². The summed E-state index contributed by atoms with van der Waals surface area (Å²) in [7, 11) is 0. The number of anilines is 2. The fourth-order valence-corrected chi connectivity index (χ4v) is 4.58. The first-order valence-corrected chi connectivity index (χ1v) is 12.6. The molecule has 0 bridgehead atoms. The monoisotopic (exact) mass is 497 g/mol. The highest BCUT2D eigenvalue weighted by Crippen LogP contribution is 2.22. The summed E-state index contributed by atoms with van der Waals surface area (Å²) < 4.78 is 15.3. The van der Waals surface area contributed by atoms with Crippen molar-refractivity contribution in [1.29, 1.82) is 0 Å². The minimum absolute atomic E-state index is 0.0914. The molecule has 186 valence electrons. The van der Waals surface area contributed by atoms with Crippen LogP contribution >= 0.6 is 11.6 Å². The molecule has 0 aliphatic carbocycles. The number of nitrogens with one attached hydrogen (secondary N) is 2. The molecule has 4 rings (SSSR count). The molecule has 0 spiro atoms. The highest BCUT2D eigenvalue weighted by Gasteiger charge is 2.19. The maximum absolute atomic E-state index is 13.3. The van der Waals surface area contributed by atoms with Gasteiger partial charge in [-0.2, -0.15) is 5.10 Å². The molecule has 0 radical (unpaired) electrons. The second-order valence-corrected chi connectivity index (χ2v) is 9.90. The molecule has 3 aromatic rings. The van der Waals surface area contributed by atoms with Crippen LogP contribution in [-0.2, 0) is 6.42 Å². The molecule has 1 aromatic heterocycles. The zero-order valence-electron chi connectivity index (χ0n) is 20.3. The standard InChI is InChI=1S/C27H33ClFN5O/c1-19(2)34-18-21(17-31-34)10-13-33-11-8-20(9-12-33)16-30-23-4-3-5-24(15-23)32-27(35)25-7-6-22(29)14-26(25)28/h3-7,14-15,17-20,30H,8-13,16H2,1-2H3,(H,32,35). The third kappa shape index (κ3) is 7.05. The number of nitrogens with zero attached hydrogens (tertiary/aromatic N) is 3. The number of benzene rings is 2. The minimum Gasteiger partial charge on any atom is -0.385 e. The average Bonchev–Trinajstić information content (AvgIpc) is 3.32. The number of piperidine rings is 1. The molecule has 0 atom stereocenters. The van der Waals surface area contributed by atoms with Gasteiger partial charge in [0.25, 0.3) is 5.91 Å². The van der Waals surface area contributed by atoms with E-state index < -0.39 is 5.82 Å². The summed E-state index contributed by atoms with van der Waals surface area (Å²) in [5.41, 5.74) is 3.16. The Hall–Kier alpha value is -2.90. The van der Waals surface area contributed by atoms with Gasteiger partial charge in [-0.25, -0.2) is 4.39 Å². The third-order valence-electron chi connectivity index (χ3n) is 6.50. The molecule has 35 heavy (non-hydrogen) atoms. The summed E-state index contributed by atoms with van der Waals surface area (Å²) in [6.07, 6.45) is 7.51. The minimum atomic E-state index is -0.470. The van der Waals surface area contributed by atoms with Crippen molar-refractivity contribution < 1.29 is 9.18 Å². The fraction of sp³-hybridized carbons (Fsp3) is 0.407. The number of carbonyl (C=O) groups is 1. The Morgan fingerprint density at radius 3 is 2.66 bits per heavy atom. The summed E-state index contributed by atoms with van der Waals surface area (Å²) in [5.74, 6) is -0.218. The molecule has 0 saturated carbocycles. The smallest absolute Gasteiger partial charge is 0.257 e. The summed E-state index contributed by atoms with van der Waals surface area (Å²) in [6.45, 7) is 8.48. The molecule has 1 aliphatic rings. The van der Waals surface area contributed by atoms with Crippen LogP contribution in [-0.4, -0.2) is 46.8 Å². The Morgan fingerprint density at radius 2 is 1.94 bits per heavy atom. The van der Waals surface area contributed by atoms with E-state index in [-0.39, 0.29) is 16.5 Å². The van der Waals surface area contributed by atoms with E-state index in [9.17, 15) is 9.18 Å². The van der Waals surface area contributed by atoms with Crippen molar-refractivity contribution in [1.82, 2.24) is 14.7 Å². The van der Waals surface area contributed by atoms with Crippen molar-refractivity contribution in [2.45, 2.75) is 39.2 Å². The second-order valence-electron chi connectivity index (χ2n) is 9.50. The van der Waals surface area contributed by atoms with Crippen molar-refractivity contribution in [3.05, 3.63) is 76.8 Å². The van der Waals surface area contributed by atoms with Crippen LogP contribution < -0.4 is 10.6 Å². The third-order valence-corrected chi connectivity index (χ3v) is 6.81. The van der Waals surface area contributed by atoms with Crippen LogP contribution in [0.3, 0.4) is 0 Å². The first-order chi connectivity index (χ1) is 16.9. The number of rotatable bonds is 9. The average molecular weight is 498 g/mol. The Kier molecular flexibility index (Phi) is 8.42. The molecule has 1 amide bonds. The number of likely N-dealkylation sites (tertiary alicyclic amines) is 1. The lowest BCUT2D eigenvalue weighted by atomic mass is 9.96. The highest BCUT2D eigenvalue weighted by molar-refractivity contribution is 6.34. The predicted molar refractivity (Wildman–Crippen MR) is 140 cm³/mol. The maximum Gasteiger partial charge on any atom is 0.257 e. The molecule has 2 N–H and O–H groups in total. The van der Waals surface area contributed by atoms with E-state index in [0.717, 1.165) is 57.2 Å². The molecule has 1 saturated heterocycles. The summed E-state index contributed by atoms with van der Waals surface area (Å²) in [6, 6.07) is 11.8. The predicted octanol–water partition coefficient (Wildman–Crippen LogP) is 5.88. The Balaban J connectivity index is 1.21. The van der Waals surface area contributed by atoms with E-state index in [4.69, 9.17) is 11.6 Å². The summed E-state index contributed by atoms with van der Waals surface area (Å²) in [4.78, 5) is 15.1. The van der Waals surface area contributed by atoms with Gasteiger partial charge in [0.1, 0.15) is 5.82 Å². The Labute approximate surface area is 211 Å². The van der Waals surface area contributed by atoms with Crippen molar-refractivity contribution in [2.24, 2.45) is 5.92 Å². The van der Waals surface area contributed by atoms with E-state index in [0.29, 0.717) is 17.6 Å². The number of hydrogen-bond acceptors (Lipinski definition) is 4. The van der Waals surface area contributed by atoms with Crippen LogP contribution in [0.1, 0.15) is 48.7 Å². The van der Waals surface area contributed by atoms with Gasteiger partial charge in [-0.1, -0.05) is 17.7 Å². The van der Waals surface area contributed by atoms with Crippen LogP contribution in [0, 0.1) is 11.7 Å². The van der Waals surface area contributed by atoms with Crippen molar-refractivity contribution in [2.75, 3.05) is 36.8 Å². The molecule has 2 heterocycles. The van der Waals surface area contributed by atoms with Gasteiger partial charge in [0.05, 0.1) is 16.8 Å². The Bertz CT molecular complexity index is 1140. The lowest BCUT2D eigenvalue weighted by Gasteiger charge is -2.32. The SMILES string of the molecule is CC(C)n1cc(CCN2CCC(CNc3cccc(NC(=O)c4ccc(F)cc4Cl)c3)CC2)cn1. The van der Waals surface area contributed by atoms with Crippen LogP contribution in [0.2, 0.25) is 5.02 Å². The van der Waals surface area contributed by atoms with Gasteiger partial charge < -0.3 is 15.5 Å². The van der Waals surface area contributed by atoms with Gasteiger partial charge in [0.2, 0.25) is 0 Å². The lowest BCUT2D eigenvalue weighted by Crippen LogP contribution is -2.37. The zero-order valence-corrected chi connectivity index (χ0v) is 21.1. The molecular formula is C27H33ClFN5O. The first kappa shape index (κ1) is 25.2. The van der Waals surface area contributed by atoms with Gasteiger partial charge in [-0.05, 0) is 94.1 Å². The maximum atomic E-state index is 13.3. The number of halogens is 2. The molecule has 1 fully saturated rings. The number of hydrogen-bond donors (Lipinski definition) is 2. The molecule has 8 heteroatoms. The summed E-state index contributed by atoms with van der Waals surface area (Å²) in [5, 5.41) is 10.9.